The van der Waals surface area contributed by atoms with Gasteiger partial charge in [0.05, 0.1) is 6.33 Å². The standard InChI is InChI=1S/C17H20FN3O2/c1-2-3-4-15-9-17(23)21(12-20-15)11-16(22)19-10-13-5-7-14(18)8-6-13/h5-9,12H,2-4,10-11H2,1H3,(H,19,22). The molecule has 0 aliphatic rings. The highest BCUT2D eigenvalue weighted by Crippen LogP contribution is 2.02. The van der Waals surface area contributed by atoms with Crippen LogP contribution in [-0.4, -0.2) is 15.5 Å². The molecular formula is C17H20FN3O2. The summed E-state index contributed by atoms with van der Waals surface area (Å²) in [5, 5.41) is 2.69. The Hall–Kier alpha value is -2.50. The van der Waals surface area contributed by atoms with Gasteiger partial charge in [0.15, 0.2) is 0 Å². The van der Waals surface area contributed by atoms with Crippen LogP contribution in [0.5, 0.6) is 0 Å². The van der Waals surface area contributed by atoms with Gasteiger partial charge in [-0.1, -0.05) is 25.5 Å². The van der Waals surface area contributed by atoms with E-state index in [-0.39, 0.29) is 30.4 Å². The Morgan fingerprint density at radius 1 is 1.30 bits per heavy atom. The van der Waals surface area contributed by atoms with Crippen LogP contribution >= 0.6 is 0 Å². The molecule has 1 N–H and O–H groups in total. The molecule has 0 fully saturated rings. The molecule has 0 atom stereocenters. The average molecular weight is 317 g/mol. The third-order valence-electron chi connectivity index (χ3n) is 3.44. The number of hydrogen-bond donors (Lipinski definition) is 1. The van der Waals surface area contributed by atoms with Crippen LogP contribution in [0.4, 0.5) is 4.39 Å². The highest BCUT2D eigenvalue weighted by atomic mass is 19.1. The SMILES string of the molecule is CCCCc1cc(=O)n(CC(=O)NCc2ccc(F)cc2)cn1. The number of benzene rings is 1. The van der Waals surface area contributed by atoms with Gasteiger partial charge in [0.25, 0.3) is 5.56 Å². The molecule has 2 rings (SSSR count). The van der Waals surface area contributed by atoms with Crippen molar-refractivity contribution >= 4 is 5.91 Å². The largest absolute Gasteiger partial charge is 0.350 e. The van der Waals surface area contributed by atoms with Crippen molar-refractivity contribution in [3.8, 4) is 0 Å². The Labute approximate surface area is 134 Å². The van der Waals surface area contributed by atoms with Crippen LogP contribution in [0.1, 0.15) is 31.0 Å². The number of unbranched alkanes of at least 4 members (excludes halogenated alkanes) is 1. The molecule has 122 valence electrons. The molecule has 0 saturated heterocycles. The van der Waals surface area contributed by atoms with Crippen molar-refractivity contribution < 1.29 is 9.18 Å². The van der Waals surface area contributed by atoms with Gasteiger partial charge >= 0.3 is 0 Å². The molecule has 0 radical (unpaired) electrons. The predicted molar refractivity (Wildman–Crippen MR) is 85.4 cm³/mol. The number of carbonyl (C=O) groups excluding carboxylic acids is 1. The van der Waals surface area contributed by atoms with E-state index in [0.29, 0.717) is 0 Å². The van der Waals surface area contributed by atoms with Crippen molar-refractivity contribution in [3.63, 3.8) is 0 Å². The predicted octanol–water partition coefficient (Wildman–Crippen LogP) is 2.04. The molecule has 0 spiro atoms. The van der Waals surface area contributed by atoms with Crippen LogP contribution in [0.3, 0.4) is 0 Å². The fraction of sp³-hybridized carbons (Fsp3) is 0.353. The maximum atomic E-state index is 12.8. The molecule has 0 saturated carbocycles. The van der Waals surface area contributed by atoms with Crippen LogP contribution < -0.4 is 10.9 Å². The van der Waals surface area contributed by atoms with E-state index in [1.165, 1.54) is 29.1 Å². The summed E-state index contributed by atoms with van der Waals surface area (Å²) in [5.74, 6) is -0.611. The molecule has 0 aliphatic carbocycles. The topological polar surface area (TPSA) is 64.0 Å². The molecule has 0 bridgehead atoms. The summed E-state index contributed by atoms with van der Waals surface area (Å²) < 4.78 is 14.1. The first-order valence-electron chi connectivity index (χ1n) is 7.65. The maximum absolute atomic E-state index is 12.8. The number of rotatable bonds is 7. The quantitative estimate of drug-likeness (QED) is 0.850. The molecule has 1 aromatic heterocycles. The van der Waals surface area contributed by atoms with Gasteiger partial charge in [-0.15, -0.1) is 0 Å². The number of hydrogen-bond acceptors (Lipinski definition) is 3. The van der Waals surface area contributed by atoms with Crippen molar-refractivity contribution in [3.05, 3.63) is 64.1 Å². The Kier molecular flexibility index (Phi) is 6.02. The first-order chi connectivity index (χ1) is 11.1. The Morgan fingerprint density at radius 3 is 2.70 bits per heavy atom. The number of carbonyl (C=O) groups is 1. The normalized spacial score (nSPS) is 10.5. The number of aryl methyl sites for hydroxylation is 1. The first kappa shape index (κ1) is 16.9. The third-order valence-corrected chi connectivity index (χ3v) is 3.44. The molecule has 6 heteroatoms. The summed E-state index contributed by atoms with van der Waals surface area (Å²) in [6.45, 7) is 2.28. The minimum Gasteiger partial charge on any atom is -0.350 e. The van der Waals surface area contributed by atoms with Crippen molar-refractivity contribution in [1.82, 2.24) is 14.9 Å². The number of nitrogens with one attached hydrogen (secondary N) is 1. The van der Waals surface area contributed by atoms with E-state index >= 15 is 0 Å². The minimum absolute atomic E-state index is 0.0823. The summed E-state index contributed by atoms with van der Waals surface area (Å²) in [6.07, 6.45) is 4.19. The van der Waals surface area contributed by atoms with Gasteiger partial charge in [-0.3, -0.25) is 14.2 Å². The monoisotopic (exact) mass is 317 g/mol. The van der Waals surface area contributed by atoms with Crippen LogP contribution in [0, 0.1) is 5.82 Å². The lowest BCUT2D eigenvalue weighted by atomic mass is 10.2. The van der Waals surface area contributed by atoms with Gasteiger partial charge in [-0.2, -0.15) is 0 Å². The van der Waals surface area contributed by atoms with Gasteiger partial charge in [0, 0.05) is 18.3 Å². The van der Waals surface area contributed by atoms with Crippen molar-refractivity contribution in [2.75, 3.05) is 0 Å². The lowest BCUT2D eigenvalue weighted by Crippen LogP contribution is -2.32. The van der Waals surface area contributed by atoms with E-state index in [9.17, 15) is 14.0 Å². The molecular weight excluding hydrogens is 297 g/mol. The second-order valence-corrected chi connectivity index (χ2v) is 5.35. The Morgan fingerprint density at radius 2 is 2.04 bits per heavy atom. The summed E-state index contributed by atoms with van der Waals surface area (Å²) in [6, 6.07) is 7.36. The van der Waals surface area contributed by atoms with E-state index in [1.54, 1.807) is 12.1 Å². The first-order valence-corrected chi connectivity index (χ1v) is 7.65. The van der Waals surface area contributed by atoms with E-state index in [0.717, 1.165) is 30.5 Å². The van der Waals surface area contributed by atoms with Gasteiger partial charge in [0.1, 0.15) is 12.4 Å². The zero-order valence-corrected chi connectivity index (χ0v) is 13.1. The molecule has 5 nitrogen and oxygen atoms in total. The molecule has 0 unspecified atom stereocenters. The minimum atomic E-state index is -0.319. The fourth-order valence-corrected chi connectivity index (χ4v) is 2.09. The number of halogens is 1. The maximum Gasteiger partial charge on any atom is 0.253 e. The zero-order valence-electron chi connectivity index (χ0n) is 13.1. The van der Waals surface area contributed by atoms with Crippen LogP contribution in [0.2, 0.25) is 0 Å². The van der Waals surface area contributed by atoms with Gasteiger partial charge < -0.3 is 5.32 Å². The fourth-order valence-electron chi connectivity index (χ4n) is 2.09. The molecule has 1 heterocycles. The highest BCUT2D eigenvalue weighted by Gasteiger charge is 2.06. The lowest BCUT2D eigenvalue weighted by molar-refractivity contribution is -0.121. The number of aromatic nitrogens is 2. The molecule has 23 heavy (non-hydrogen) atoms. The van der Waals surface area contributed by atoms with Crippen molar-refractivity contribution in [2.24, 2.45) is 0 Å². The van der Waals surface area contributed by atoms with Gasteiger partial charge in [-0.25, -0.2) is 9.37 Å². The highest BCUT2D eigenvalue weighted by molar-refractivity contribution is 5.75. The second-order valence-electron chi connectivity index (χ2n) is 5.35. The van der Waals surface area contributed by atoms with E-state index in [1.807, 2.05) is 0 Å². The molecule has 1 aromatic carbocycles. The van der Waals surface area contributed by atoms with E-state index in [2.05, 4.69) is 17.2 Å². The van der Waals surface area contributed by atoms with Crippen LogP contribution in [0.15, 0.2) is 41.5 Å². The summed E-state index contributed by atoms with van der Waals surface area (Å²) in [4.78, 5) is 28.0. The summed E-state index contributed by atoms with van der Waals surface area (Å²) in [7, 11) is 0. The summed E-state index contributed by atoms with van der Waals surface area (Å²) in [5.41, 5.74) is 1.31. The van der Waals surface area contributed by atoms with Crippen molar-refractivity contribution in [2.45, 2.75) is 39.3 Å². The molecule has 0 aliphatic heterocycles. The average Bonchev–Trinajstić information content (AvgIpc) is 2.54. The number of nitrogens with zero attached hydrogens (tertiary/aromatic N) is 2. The molecule has 1 amide bonds. The smallest absolute Gasteiger partial charge is 0.253 e. The van der Waals surface area contributed by atoms with E-state index in [4.69, 9.17) is 0 Å². The van der Waals surface area contributed by atoms with Crippen LogP contribution in [-0.2, 0) is 24.3 Å². The summed E-state index contributed by atoms with van der Waals surface area (Å²) >= 11 is 0. The van der Waals surface area contributed by atoms with Crippen LogP contribution in [0.25, 0.3) is 0 Å². The van der Waals surface area contributed by atoms with Gasteiger partial charge in [0.2, 0.25) is 5.91 Å². The third kappa shape index (κ3) is 5.32. The number of amides is 1. The molecule has 2 aromatic rings. The lowest BCUT2D eigenvalue weighted by Gasteiger charge is -2.08. The Bertz CT molecular complexity index is 711. The zero-order chi connectivity index (χ0) is 16.7. The Balaban J connectivity index is 1.89. The van der Waals surface area contributed by atoms with Gasteiger partial charge in [-0.05, 0) is 30.5 Å². The van der Waals surface area contributed by atoms with Crippen molar-refractivity contribution in [1.29, 1.82) is 0 Å². The second kappa shape index (κ2) is 8.22. The van der Waals surface area contributed by atoms with E-state index < -0.39 is 0 Å².